The van der Waals surface area contributed by atoms with Gasteiger partial charge in [-0.2, -0.15) is 0 Å². The number of hydrogen-bond donors (Lipinski definition) is 3. The first-order valence-electron chi connectivity index (χ1n) is 6.32. The summed E-state index contributed by atoms with van der Waals surface area (Å²) < 4.78 is 0.747. The molecule has 0 bridgehead atoms. The van der Waals surface area contributed by atoms with Gasteiger partial charge in [0, 0.05) is 22.5 Å². The van der Waals surface area contributed by atoms with Crippen LogP contribution < -0.4 is 16.6 Å². The lowest BCUT2D eigenvalue weighted by molar-refractivity contribution is 0.0950. The second-order valence-electron chi connectivity index (χ2n) is 4.76. The van der Waals surface area contributed by atoms with Crippen LogP contribution in [-0.4, -0.2) is 24.0 Å². The highest BCUT2D eigenvalue weighted by atomic mass is 79.9. The van der Waals surface area contributed by atoms with Crippen molar-refractivity contribution in [1.29, 1.82) is 0 Å². The van der Waals surface area contributed by atoms with Crippen LogP contribution in [0.15, 0.2) is 33.5 Å². The summed E-state index contributed by atoms with van der Waals surface area (Å²) in [7, 11) is 0. The Hall–Kier alpha value is -1.66. The first kappa shape index (κ1) is 14.7. The number of aromatic nitrogens is 1. The van der Waals surface area contributed by atoms with Crippen molar-refractivity contribution in [2.75, 3.05) is 13.1 Å². The van der Waals surface area contributed by atoms with Crippen molar-refractivity contribution in [2.45, 2.75) is 6.92 Å². The van der Waals surface area contributed by atoms with E-state index >= 15 is 0 Å². The second-order valence-corrected chi connectivity index (χ2v) is 5.61. The predicted octanol–water partition coefficient (Wildman–Crippen LogP) is 1.62. The summed E-state index contributed by atoms with van der Waals surface area (Å²) in [5.41, 5.74) is 6.21. The van der Waals surface area contributed by atoms with Crippen molar-refractivity contribution in [3.63, 3.8) is 0 Å². The van der Waals surface area contributed by atoms with E-state index in [1.54, 1.807) is 6.07 Å². The zero-order valence-electron chi connectivity index (χ0n) is 11.1. The van der Waals surface area contributed by atoms with Crippen molar-refractivity contribution in [2.24, 2.45) is 11.7 Å². The zero-order valence-corrected chi connectivity index (χ0v) is 12.7. The summed E-state index contributed by atoms with van der Waals surface area (Å²) in [5, 5.41) is 3.51. The highest BCUT2D eigenvalue weighted by molar-refractivity contribution is 9.10. The van der Waals surface area contributed by atoms with Gasteiger partial charge in [-0.1, -0.05) is 19.1 Å². The first-order valence-corrected chi connectivity index (χ1v) is 7.12. The molecule has 0 saturated carbocycles. The molecular weight excluding hydrogens is 322 g/mol. The van der Waals surface area contributed by atoms with Gasteiger partial charge in [0.05, 0.1) is 11.1 Å². The highest BCUT2D eigenvalue weighted by Gasteiger charge is 2.13. The molecule has 0 spiro atoms. The van der Waals surface area contributed by atoms with Crippen molar-refractivity contribution < 1.29 is 4.79 Å². The third kappa shape index (κ3) is 3.08. The topological polar surface area (TPSA) is 88.0 Å². The smallest absolute Gasteiger partial charge is 0.252 e. The number of fused-ring (bicyclic) bond motifs is 1. The molecule has 0 fully saturated rings. The quantitative estimate of drug-likeness (QED) is 0.791. The van der Waals surface area contributed by atoms with Gasteiger partial charge in [0.2, 0.25) is 5.56 Å². The van der Waals surface area contributed by atoms with Crippen molar-refractivity contribution in [3.8, 4) is 0 Å². The number of carbonyl (C=O) groups is 1. The fraction of sp³-hybridized carbons (Fsp3) is 0.286. The van der Waals surface area contributed by atoms with Gasteiger partial charge in [-0.05, 0) is 34.5 Å². The number of rotatable bonds is 4. The van der Waals surface area contributed by atoms with Crippen LogP contribution in [0.1, 0.15) is 17.3 Å². The van der Waals surface area contributed by atoms with Crippen molar-refractivity contribution >= 4 is 32.7 Å². The highest BCUT2D eigenvalue weighted by Crippen LogP contribution is 2.23. The molecule has 0 radical (unpaired) electrons. The van der Waals surface area contributed by atoms with Gasteiger partial charge in [0.25, 0.3) is 5.91 Å². The predicted molar refractivity (Wildman–Crippen MR) is 82.8 cm³/mol. The van der Waals surface area contributed by atoms with Gasteiger partial charge in [0.1, 0.15) is 0 Å². The van der Waals surface area contributed by atoms with Gasteiger partial charge < -0.3 is 16.0 Å². The lowest BCUT2D eigenvalue weighted by Crippen LogP contribution is -2.32. The number of nitrogens with one attached hydrogen (secondary N) is 2. The summed E-state index contributed by atoms with van der Waals surface area (Å²) in [6.07, 6.45) is 0. The Balaban J connectivity index is 2.41. The second kappa shape index (κ2) is 6.19. The van der Waals surface area contributed by atoms with Gasteiger partial charge in [0.15, 0.2) is 0 Å². The Morgan fingerprint density at radius 3 is 2.95 bits per heavy atom. The summed E-state index contributed by atoms with van der Waals surface area (Å²) >= 11 is 3.37. The molecule has 0 aliphatic carbocycles. The van der Waals surface area contributed by atoms with E-state index in [0.29, 0.717) is 29.6 Å². The van der Waals surface area contributed by atoms with Gasteiger partial charge in [-0.25, -0.2) is 0 Å². The molecule has 4 N–H and O–H groups in total. The average Bonchev–Trinajstić information content (AvgIpc) is 2.44. The Kier molecular flexibility index (Phi) is 4.57. The minimum Gasteiger partial charge on any atom is -0.352 e. The minimum absolute atomic E-state index is 0.193. The van der Waals surface area contributed by atoms with Crippen LogP contribution in [0.5, 0.6) is 0 Å². The van der Waals surface area contributed by atoms with Gasteiger partial charge >= 0.3 is 0 Å². The maximum Gasteiger partial charge on any atom is 0.252 e. The fourth-order valence-corrected chi connectivity index (χ4v) is 2.34. The van der Waals surface area contributed by atoms with E-state index in [2.05, 4.69) is 26.2 Å². The Bertz CT molecular complexity index is 696. The summed E-state index contributed by atoms with van der Waals surface area (Å²) in [5.74, 6) is -0.0709. The molecule has 20 heavy (non-hydrogen) atoms. The molecule has 106 valence electrons. The Morgan fingerprint density at radius 1 is 1.50 bits per heavy atom. The van der Waals surface area contributed by atoms with Crippen molar-refractivity contribution in [3.05, 3.63) is 44.7 Å². The number of aromatic amines is 1. The molecule has 1 heterocycles. The van der Waals surface area contributed by atoms with E-state index in [0.717, 1.165) is 4.47 Å². The molecule has 1 unspecified atom stereocenters. The number of H-pyrrole nitrogens is 1. The lowest BCUT2D eigenvalue weighted by atomic mass is 10.1. The van der Waals surface area contributed by atoms with Gasteiger partial charge in [-0.15, -0.1) is 0 Å². The van der Waals surface area contributed by atoms with Gasteiger partial charge in [-0.3, -0.25) is 9.59 Å². The molecular formula is C14H16BrN3O2. The van der Waals surface area contributed by atoms with E-state index in [1.165, 1.54) is 6.07 Å². The van der Waals surface area contributed by atoms with Crippen LogP contribution in [0.25, 0.3) is 10.9 Å². The van der Waals surface area contributed by atoms with Crippen molar-refractivity contribution in [1.82, 2.24) is 10.3 Å². The molecule has 1 atom stereocenters. The molecule has 1 amide bonds. The SMILES string of the molecule is CC(CN)CNC(=O)c1cc(=O)[nH]c2c(Br)cccc12. The summed E-state index contributed by atoms with van der Waals surface area (Å²) in [6, 6.07) is 6.76. The molecule has 0 saturated heterocycles. The van der Waals surface area contributed by atoms with E-state index in [1.807, 2.05) is 19.1 Å². The summed E-state index contributed by atoms with van der Waals surface area (Å²) in [6.45, 7) is 2.94. The Morgan fingerprint density at radius 2 is 2.25 bits per heavy atom. The number of nitrogens with two attached hydrogens (primary N) is 1. The van der Waals surface area contributed by atoms with Crippen LogP contribution in [0.3, 0.4) is 0 Å². The van der Waals surface area contributed by atoms with E-state index in [-0.39, 0.29) is 17.4 Å². The first-order chi connectivity index (χ1) is 9.52. The molecule has 1 aromatic carbocycles. The number of halogens is 1. The molecule has 1 aromatic heterocycles. The number of pyridine rings is 1. The molecule has 0 aliphatic heterocycles. The van der Waals surface area contributed by atoms with Crippen LogP contribution in [0.2, 0.25) is 0 Å². The molecule has 0 aliphatic rings. The summed E-state index contributed by atoms with van der Waals surface area (Å²) in [4.78, 5) is 26.6. The monoisotopic (exact) mass is 337 g/mol. The lowest BCUT2D eigenvalue weighted by Gasteiger charge is -2.11. The number of benzene rings is 1. The third-order valence-electron chi connectivity index (χ3n) is 3.09. The number of para-hydroxylation sites is 1. The van der Waals surface area contributed by atoms with E-state index in [9.17, 15) is 9.59 Å². The van der Waals surface area contributed by atoms with E-state index < -0.39 is 0 Å². The minimum atomic E-state index is -0.304. The molecule has 2 aromatic rings. The third-order valence-corrected chi connectivity index (χ3v) is 3.75. The fourth-order valence-electron chi connectivity index (χ4n) is 1.88. The largest absolute Gasteiger partial charge is 0.352 e. The number of amides is 1. The normalized spacial score (nSPS) is 12.3. The Labute approximate surface area is 124 Å². The average molecular weight is 338 g/mol. The van der Waals surface area contributed by atoms with Crippen LogP contribution in [-0.2, 0) is 0 Å². The van der Waals surface area contributed by atoms with Crippen LogP contribution in [0, 0.1) is 5.92 Å². The molecule has 6 heteroatoms. The standard InChI is InChI=1S/C14H16BrN3O2/c1-8(6-16)7-17-14(20)10-5-12(19)18-13-9(10)3-2-4-11(13)15/h2-5,8H,6-7,16H2,1H3,(H,17,20)(H,18,19). The molecule has 5 nitrogen and oxygen atoms in total. The maximum atomic E-state index is 12.2. The number of hydrogen-bond acceptors (Lipinski definition) is 3. The zero-order chi connectivity index (χ0) is 14.7. The van der Waals surface area contributed by atoms with Crippen LogP contribution in [0.4, 0.5) is 0 Å². The molecule has 2 rings (SSSR count). The maximum absolute atomic E-state index is 12.2. The number of carbonyl (C=O) groups excluding carboxylic acids is 1. The van der Waals surface area contributed by atoms with Crippen LogP contribution >= 0.6 is 15.9 Å². The van der Waals surface area contributed by atoms with E-state index in [4.69, 9.17) is 5.73 Å².